The number of likely N-dealkylation sites (tertiary alicyclic amines) is 1. The maximum atomic E-state index is 10.9. The van der Waals surface area contributed by atoms with E-state index < -0.39 is 0 Å². The van der Waals surface area contributed by atoms with Crippen molar-refractivity contribution in [2.45, 2.75) is 33.7 Å². The van der Waals surface area contributed by atoms with Crippen LogP contribution in [-0.2, 0) is 6.54 Å². The third-order valence-corrected chi connectivity index (χ3v) is 3.82. The maximum absolute atomic E-state index is 10.9. The van der Waals surface area contributed by atoms with E-state index in [-0.39, 0.29) is 10.6 Å². The van der Waals surface area contributed by atoms with Crippen LogP contribution in [-0.4, -0.2) is 29.5 Å². The van der Waals surface area contributed by atoms with Gasteiger partial charge in [0.05, 0.1) is 4.92 Å². The van der Waals surface area contributed by atoms with Crippen LogP contribution in [0, 0.1) is 15.5 Å². The topological polar surface area (TPSA) is 58.4 Å². The Morgan fingerprint density at radius 2 is 2.20 bits per heavy atom. The van der Waals surface area contributed by atoms with Crippen LogP contribution >= 0.6 is 0 Å². The molecule has 0 bridgehead atoms. The Labute approximate surface area is 120 Å². The summed E-state index contributed by atoms with van der Waals surface area (Å²) in [7, 11) is 0. The molecule has 0 aromatic heterocycles. The first kappa shape index (κ1) is 14.8. The number of nitro groups is 1. The highest BCUT2D eigenvalue weighted by atomic mass is 16.6. The summed E-state index contributed by atoms with van der Waals surface area (Å²) < 4.78 is 0. The van der Waals surface area contributed by atoms with Gasteiger partial charge in [-0.05, 0) is 36.9 Å². The van der Waals surface area contributed by atoms with Gasteiger partial charge in [-0.3, -0.25) is 15.0 Å². The fraction of sp³-hybridized carbons (Fsp3) is 0.600. The molecule has 1 aliphatic rings. The molecule has 0 amide bonds. The molecular weight excluding hydrogens is 254 g/mol. The highest BCUT2D eigenvalue weighted by Crippen LogP contribution is 2.31. The van der Waals surface area contributed by atoms with Crippen molar-refractivity contribution in [3.63, 3.8) is 0 Å². The zero-order valence-corrected chi connectivity index (χ0v) is 12.5. The first-order chi connectivity index (χ1) is 9.41. The zero-order chi connectivity index (χ0) is 14.8. The zero-order valence-electron chi connectivity index (χ0n) is 12.5. The van der Waals surface area contributed by atoms with Crippen molar-refractivity contribution in [3.05, 3.63) is 33.9 Å². The lowest BCUT2D eigenvalue weighted by Gasteiger charge is -2.21. The van der Waals surface area contributed by atoms with Crippen molar-refractivity contribution in [3.8, 4) is 0 Å². The predicted octanol–water partition coefficient (Wildman–Crippen LogP) is 3.26. The highest BCUT2D eigenvalue weighted by Gasteiger charge is 2.29. The molecule has 0 aliphatic carbocycles. The van der Waals surface area contributed by atoms with Crippen molar-refractivity contribution < 1.29 is 4.92 Å². The van der Waals surface area contributed by atoms with Crippen molar-refractivity contribution in [1.82, 2.24) is 4.90 Å². The van der Waals surface area contributed by atoms with Crippen LogP contribution in [0.4, 0.5) is 11.4 Å². The van der Waals surface area contributed by atoms with E-state index in [4.69, 9.17) is 0 Å². The third kappa shape index (κ3) is 3.48. The van der Waals surface area contributed by atoms with E-state index in [0.717, 1.165) is 37.4 Å². The molecule has 1 N–H and O–H groups in total. The summed E-state index contributed by atoms with van der Waals surface area (Å²) in [6.07, 6.45) is 1.18. The largest absolute Gasteiger partial charge is 0.385 e. The number of benzene rings is 1. The molecule has 2 rings (SSSR count). The summed E-state index contributed by atoms with van der Waals surface area (Å²) in [6, 6.07) is 5.08. The van der Waals surface area contributed by atoms with Gasteiger partial charge in [0.25, 0.3) is 5.69 Å². The third-order valence-electron chi connectivity index (χ3n) is 3.82. The first-order valence-electron chi connectivity index (χ1n) is 7.15. The molecule has 20 heavy (non-hydrogen) atoms. The standard InChI is InChI=1S/C15H23N3O2/c1-4-16-14-6-5-13(18(19)20)9-12(14)10-17-8-7-15(2,3)11-17/h5-6,9,16H,4,7-8,10-11H2,1-3H3. The predicted molar refractivity (Wildman–Crippen MR) is 80.9 cm³/mol. The minimum absolute atomic E-state index is 0.167. The quantitative estimate of drug-likeness (QED) is 0.663. The average Bonchev–Trinajstić information content (AvgIpc) is 2.71. The summed E-state index contributed by atoms with van der Waals surface area (Å²) in [4.78, 5) is 13.0. The van der Waals surface area contributed by atoms with Gasteiger partial charge in [0.2, 0.25) is 0 Å². The minimum atomic E-state index is -0.326. The van der Waals surface area contributed by atoms with Gasteiger partial charge in [0, 0.05) is 37.5 Å². The molecular formula is C15H23N3O2. The number of non-ortho nitro benzene ring substituents is 1. The van der Waals surface area contributed by atoms with Gasteiger partial charge in [-0.2, -0.15) is 0 Å². The first-order valence-corrected chi connectivity index (χ1v) is 7.15. The van der Waals surface area contributed by atoms with Gasteiger partial charge in [0.1, 0.15) is 0 Å². The normalized spacial score (nSPS) is 18.1. The van der Waals surface area contributed by atoms with Gasteiger partial charge >= 0.3 is 0 Å². The molecule has 0 atom stereocenters. The van der Waals surface area contributed by atoms with E-state index in [1.165, 1.54) is 6.42 Å². The Kier molecular flexibility index (Phi) is 4.28. The Morgan fingerprint density at radius 1 is 1.45 bits per heavy atom. The van der Waals surface area contributed by atoms with E-state index >= 15 is 0 Å². The van der Waals surface area contributed by atoms with Crippen molar-refractivity contribution in [2.24, 2.45) is 5.41 Å². The number of nitrogens with one attached hydrogen (secondary N) is 1. The number of nitrogens with zero attached hydrogens (tertiary/aromatic N) is 2. The number of anilines is 1. The lowest BCUT2D eigenvalue weighted by Crippen LogP contribution is -2.23. The van der Waals surface area contributed by atoms with Gasteiger partial charge in [0.15, 0.2) is 0 Å². The van der Waals surface area contributed by atoms with Crippen molar-refractivity contribution >= 4 is 11.4 Å². The summed E-state index contributed by atoms with van der Waals surface area (Å²) in [5.74, 6) is 0. The van der Waals surface area contributed by atoms with Crippen LogP contribution in [0.2, 0.25) is 0 Å². The molecule has 1 fully saturated rings. The lowest BCUT2D eigenvalue weighted by atomic mass is 9.93. The van der Waals surface area contributed by atoms with Crippen molar-refractivity contribution in [2.75, 3.05) is 25.0 Å². The Balaban J connectivity index is 2.19. The minimum Gasteiger partial charge on any atom is -0.385 e. The van der Waals surface area contributed by atoms with Crippen LogP contribution in [0.15, 0.2) is 18.2 Å². The molecule has 1 aromatic rings. The number of hydrogen-bond donors (Lipinski definition) is 1. The second-order valence-electron chi connectivity index (χ2n) is 6.25. The highest BCUT2D eigenvalue weighted by molar-refractivity contribution is 5.56. The van der Waals surface area contributed by atoms with E-state index in [0.29, 0.717) is 5.41 Å². The van der Waals surface area contributed by atoms with Crippen LogP contribution in [0.25, 0.3) is 0 Å². The number of hydrogen-bond acceptors (Lipinski definition) is 4. The molecule has 0 saturated carbocycles. The molecule has 0 radical (unpaired) electrons. The molecule has 110 valence electrons. The smallest absolute Gasteiger partial charge is 0.269 e. The molecule has 5 nitrogen and oxygen atoms in total. The summed E-state index contributed by atoms with van der Waals surface area (Å²) in [6.45, 7) is 10.3. The van der Waals surface area contributed by atoms with E-state index in [2.05, 4.69) is 24.1 Å². The summed E-state index contributed by atoms with van der Waals surface area (Å²) in [5.41, 5.74) is 2.53. The summed E-state index contributed by atoms with van der Waals surface area (Å²) in [5, 5.41) is 14.2. The van der Waals surface area contributed by atoms with Gasteiger partial charge in [-0.1, -0.05) is 13.8 Å². The molecule has 1 aliphatic heterocycles. The molecule has 5 heteroatoms. The fourth-order valence-corrected chi connectivity index (χ4v) is 2.79. The average molecular weight is 277 g/mol. The van der Waals surface area contributed by atoms with Crippen LogP contribution in [0.1, 0.15) is 32.8 Å². The molecule has 0 unspecified atom stereocenters. The Morgan fingerprint density at radius 3 is 2.75 bits per heavy atom. The molecule has 1 aromatic carbocycles. The van der Waals surface area contributed by atoms with Crippen LogP contribution in [0.5, 0.6) is 0 Å². The van der Waals surface area contributed by atoms with E-state index in [1.54, 1.807) is 12.1 Å². The number of nitro benzene ring substituents is 1. The van der Waals surface area contributed by atoms with Crippen LogP contribution < -0.4 is 5.32 Å². The van der Waals surface area contributed by atoms with Gasteiger partial charge < -0.3 is 5.32 Å². The Bertz CT molecular complexity index is 500. The SMILES string of the molecule is CCNc1ccc([N+](=O)[O-])cc1CN1CCC(C)(C)C1. The van der Waals surface area contributed by atoms with Gasteiger partial charge in [-0.25, -0.2) is 0 Å². The molecule has 1 heterocycles. The number of rotatable bonds is 5. The maximum Gasteiger partial charge on any atom is 0.269 e. The second-order valence-corrected chi connectivity index (χ2v) is 6.25. The molecule has 1 saturated heterocycles. The van der Waals surface area contributed by atoms with Crippen LogP contribution in [0.3, 0.4) is 0 Å². The monoisotopic (exact) mass is 277 g/mol. The van der Waals surface area contributed by atoms with E-state index in [1.807, 2.05) is 13.0 Å². The summed E-state index contributed by atoms with van der Waals surface area (Å²) >= 11 is 0. The fourth-order valence-electron chi connectivity index (χ4n) is 2.79. The van der Waals surface area contributed by atoms with Crippen molar-refractivity contribution in [1.29, 1.82) is 0 Å². The van der Waals surface area contributed by atoms with E-state index in [9.17, 15) is 10.1 Å². The molecule has 0 spiro atoms. The lowest BCUT2D eigenvalue weighted by molar-refractivity contribution is -0.384. The van der Waals surface area contributed by atoms with Gasteiger partial charge in [-0.15, -0.1) is 0 Å². The Hall–Kier alpha value is -1.62. The second kappa shape index (κ2) is 5.79.